The first-order valence-electron chi connectivity index (χ1n) is 6.37. The summed E-state index contributed by atoms with van der Waals surface area (Å²) in [6.45, 7) is 0. The smallest absolute Gasteiger partial charge is 0.0428 e. The maximum absolute atomic E-state index is 3.86. The molecule has 1 fully saturated rings. The summed E-state index contributed by atoms with van der Waals surface area (Å²) in [4.78, 5) is 1.48. The van der Waals surface area contributed by atoms with Crippen molar-refractivity contribution in [3.8, 4) is 0 Å². The summed E-state index contributed by atoms with van der Waals surface area (Å²) in [7, 11) is 0. The Labute approximate surface area is 112 Å². The van der Waals surface area contributed by atoms with Gasteiger partial charge in [-0.3, -0.25) is 0 Å². The predicted molar refractivity (Wildman–Crippen MR) is 78.0 cm³/mol. The van der Waals surface area contributed by atoms with Crippen LogP contribution in [0, 0.1) is 0 Å². The molecule has 1 nitrogen and oxygen atoms in total. The summed E-state index contributed by atoms with van der Waals surface area (Å²) < 4.78 is 0. The van der Waals surface area contributed by atoms with E-state index in [0.717, 1.165) is 11.3 Å². The Bertz CT molecular complexity index is 394. The molecule has 3 atom stereocenters. The van der Waals surface area contributed by atoms with Crippen LogP contribution in [0.2, 0.25) is 0 Å². The number of nitrogens with one attached hydrogen (secondary N) is 1. The Morgan fingerprint density at radius 3 is 3.00 bits per heavy atom. The van der Waals surface area contributed by atoms with Crippen LogP contribution in [0.1, 0.15) is 30.9 Å². The van der Waals surface area contributed by atoms with Crippen molar-refractivity contribution in [2.45, 2.75) is 41.5 Å². The summed E-state index contributed by atoms with van der Waals surface area (Å²) >= 11 is 4.03. The predicted octanol–water partition coefficient (Wildman–Crippen LogP) is 3.71. The van der Waals surface area contributed by atoms with Crippen molar-refractivity contribution in [3.63, 3.8) is 0 Å². The van der Waals surface area contributed by atoms with E-state index in [1.54, 1.807) is 0 Å². The second-order valence-electron chi connectivity index (χ2n) is 4.94. The van der Waals surface area contributed by atoms with Gasteiger partial charge in [0.2, 0.25) is 0 Å². The lowest BCUT2D eigenvalue weighted by molar-refractivity contribution is 0.467. The molecule has 2 aliphatic rings. The Morgan fingerprint density at radius 1 is 1.29 bits per heavy atom. The molecule has 3 unspecified atom stereocenters. The van der Waals surface area contributed by atoms with Crippen molar-refractivity contribution in [1.29, 1.82) is 0 Å². The third-order valence-corrected chi connectivity index (χ3v) is 6.13. The lowest BCUT2D eigenvalue weighted by Crippen LogP contribution is -2.31. The molecule has 0 aromatic heterocycles. The highest BCUT2D eigenvalue weighted by molar-refractivity contribution is 7.99. The quantitative estimate of drug-likeness (QED) is 0.895. The summed E-state index contributed by atoms with van der Waals surface area (Å²) in [5.74, 6) is 1.21. The summed E-state index contributed by atoms with van der Waals surface area (Å²) in [6, 6.07) is 10.2. The van der Waals surface area contributed by atoms with Crippen molar-refractivity contribution in [2.75, 3.05) is 12.0 Å². The minimum Gasteiger partial charge on any atom is -0.306 e. The Hall–Kier alpha value is -0.120. The fourth-order valence-corrected chi connectivity index (χ4v) is 4.86. The van der Waals surface area contributed by atoms with E-state index in [-0.39, 0.29) is 0 Å². The molecule has 1 N–H and O–H groups in total. The highest BCUT2D eigenvalue weighted by atomic mass is 32.2. The molecule has 0 radical (unpaired) electrons. The Balaban J connectivity index is 1.64. The van der Waals surface area contributed by atoms with E-state index in [9.17, 15) is 0 Å². The molecule has 1 heterocycles. The van der Waals surface area contributed by atoms with E-state index in [1.807, 2.05) is 23.5 Å². The molecular weight excluding hydrogens is 246 g/mol. The first-order valence-corrected chi connectivity index (χ1v) is 8.64. The van der Waals surface area contributed by atoms with Crippen LogP contribution >= 0.6 is 23.5 Å². The van der Waals surface area contributed by atoms with E-state index in [1.165, 1.54) is 35.5 Å². The van der Waals surface area contributed by atoms with Crippen LogP contribution in [0.5, 0.6) is 0 Å². The lowest BCUT2D eigenvalue weighted by Gasteiger charge is -2.19. The van der Waals surface area contributed by atoms with Gasteiger partial charge in [0.25, 0.3) is 0 Å². The monoisotopic (exact) mass is 265 g/mol. The van der Waals surface area contributed by atoms with Crippen LogP contribution in [0.4, 0.5) is 0 Å². The summed E-state index contributed by atoms with van der Waals surface area (Å²) in [5, 5.41) is 4.75. The molecule has 0 amide bonds. The number of thioether (sulfide) groups is 2. The van der Waals surface area contributed by atoms with Gasteiger partial charge in [0, 0.05) is 28.0 Å². The van der Waals surface area contributed by atoms with Gasteiger partial charge in [-0.1, -0.05) is 18.2 Å². The molecule has 0 spiro atoms. The number of benzene rings is 1. The van der Waals surface area contributed by atoms with Gasteiger partial charge in [-0.25, -0.2) is 0 Å². The van der Waals surface area contributed by atoms with Gasteiger partial charge in [0.05, 0.1) is 0 Å². The number of hydrogen-bond acceptors (Lipinski definition) is 3. The molecule has 3 heteroatoms. The maximum atomic E-state index is 3.86. The van der Waals surface area contributed by atoms with E-state index < -0.39 is 0 Å². The van der Waals surface area contributed by atoms with Crippen LogP contribution in [-0.4, -0.2) is 23.3 Å². The first-order chi connectivity index (χ1) is 8.36. The van der Waals surface area contributed by atoms with E-state index in [4.69, 9.17) is 0 Å². The van der Waals surface area contributed by atoms with Gasteiger partial charge in [0.1, 0.15) is 0 Å². The minimum atomic E-state index is 0.585. The van der Waals surface area contributed by atoms with Crippen LogP contribution in [0.25, 0.3) is 0 Å². The zero-order valence-corrected chi connectivity index (χ0v) is 11.8. The van der Waals surface area contributed by atoms with Gasteiger partial charge in [-0.15, -0.1) is 11.8 Å². The molecule has 17 heavy (non-hydrogen) atoms. The molecule has 0 bridgehead atoms. The van der Waals surface area contributed by atoms with Crippen LogP contribution in [-0.2, 0) is 0 Å². The van der Waals surface area contributed by atoms with Crippen LogP contribution in [0.15, 0.2) is 29.2 Å². The largest absolute Gasteiger partial charge is 0.306 e. The zero-order valence-electron chi connectivity index (χ0n) is 10.2. The fourth-order valence-electron chi connectivity index (χ4n) is 2.89. The second kappa shape index (κ2) is 5.25. The highest BCUT2D eigenvalue weighted by Gasteiger charge is 2.29. The summed E-state index contributed by atoms with van der Waals surface area (Å²) in [5.41, 5.74) is 1.52. The molecule has 1 aliphatic heterocycles. The van der Waals surface area contributed by atoms with Gasteiger partial charge in [-0.05, 0) is 37.1 Å². The van der Waals surface area contributed by atoms with E-state index in [0.29, 0.717) is 6.04 Å². The van der Waals surface area contributed by atoms with E-state index in [2.05, 4.69) is 35.8 Å². The lowest BCUT2D eigenvalue weighted by atomic mass is 10.1. The molecule has 3 rings (SSSR count). The van der Waals surface area contributed by atoms with Gasteiger partial charge < -0.3 is 5.32 Å². The van der Waals surface area contributed by atoms with Crippen molar-refractivity contribution in [1.82, 2.24) is 5.32 Å². The molecule has 0 saturated heterocycles. The van der Waals surface area contributed by atoms with Gasteiger partial charge in [0.15, 0.2) is 0 Å². The summed E-state index contributed by atoms with van der Waals surface area (Å²) in [6.07, 6.45) is 6.34. The topological polar surface area (TPSA) is 12.0 Å². The standard InChI is InChI=1S/C14H19NS2/c1-16-11-7-6-10(8-11)15-13-9-17-14-5-3-2-4-12(13)14/h2-5,10-11,13,15H,6-9H2,1H3. The SMILES string of the molecule is CSC1CCC(NC2CSc3ccccc32)C1. The van der Waals surface area contributed by atoms with Crippen molar-refractivity contribution in [3.05, 3.63) is 29.8 Å². The number of rotatable bonds is 3. The van der Waals surface area contributed by atoms with Crippen molar-refractivity contribution < 1.29 is 0 Å². The average Bonchev–Trinajstić information content (AvgIpc) is 2.97. The van der Waals surface area contributed by atoms with Crippen LogP contribution < -0.4 is 5.32 Å². The van der Waals surface area contributed by atoms with Crippen molar-refractivity contribution >= 4 is 23.5 Å². The third kappa shape index (κ3) is 2.51. The van der Waals surface area contributed by atoms with Gasteiger partial charge in [-0.2, -0.15) is 11.8 Å². The Morgan fingerprint density at radius 2 is 2.18 bits per heavy atom. The molecule has 1 aliphatic carbocycles. The molecule has 92 valence electrons. The highest BCUT2D eigenvalue weighted by Crippen LogP contribution is 2.39. The second-order valence-corrected chi connectivity index (χ2v) is 7.14. The average molecular weight is 265 g/mol. The van der Waals surface area contributed by atoms with Gasteiger partial charge >= 0.3 is 0 Å². The number of hydrogen-bond donors (Lipinski definition) is 1. The minimum absolute atomic E-state index is 0.585. The van der Waals surface area contributed by atoms with Crippen molar-refractivity contribution in [2.24, 2.45) is 0 Å². The normalized spacial score (nSPS) is 31.7. The van der Waals surface area contributed by atoms with Crippen LogP contribution in [0.3, 0.4) is 0 Å². The fraction of sp³-hybridized carbons (Fsp3) is 0.571. The van der Waals surface area contributed by atoms with E-state index >= 15 is 0 Å². The zero-order chi connectivity index (χ0) is 11.7. The first kappa shape index (κ1) is 11.9. The molecule has 1 aromatic carbocycles. The number of fused-ring (bicyclic) bond motifs is 1. The molecule has 1 saturated carbocycles. The Kier molecular flexibility index (Phi) is 3.69. The maximum Gasteiger partial charge on any atom is 0.0428 e. The third-order valence-electron chi connectivity index (χ3n) is 3.85. The molecular formula is C14H19NS2. The molecule has 1 aromatic rings.